The standard InChI is InChI=1S/C17H24O3/c1-13(17(2,3)4)7-6-12-20-16(18)14-8-10-15(19-5)11-9-14/h8-11H,1,6-7,12H2,2-5H3. The summed E-state index contributed by atoms with van der Waals surface area (Å²) in [5, 5.41) is 0. The lowest BCUT2D eigenvalue weighted by Crippen LogP contribution is -2.10. The van der Waals surface area contributed by atoms with Gasteiger partial charge in [-0.3, -0.25) is 0 Å². The molecule has 0 spiro atoms. The second kappa shape index (κ2) is 7.13. The van der Waals surface area contributed by atoms with Crippen molar-refractivity contribution in [2.75, 3.05) is 13.7 Å². The van der Waals surface area contributed by atoms with Crippen LogP contribution in [0.5, 0.6) is 5.75 Å². The first-order chi connectivity index (χ1) is 9.34. The van der Waals surface area contributed by atoms with Crippen molar-refractivity contribution in [1.29, 1.82) is 0 Å². The number of methoxy groups -OCH3 is 1. The second-order valence-corrected chi connectivity index (χ2v) is 5.82. The molecule has 3 nitrogen and oxygen atoms in total. The van der Waals surface area contributed by atoms with Crippen molar-refractivity contribution >= 4 is 5.97 Å². The largest absolute Gasteiger partial charge is 0.497 e. The summed E-state index contributed by atoms with van der Waals surface area (Å²) in [5.41, 5.74) is 1.83. The Morgan fingerprint density at radius 3 is 2.30 bits per heavy atom. The first kappa shape index (κ1) is 16.3. The molecule has 0 unspecified atom stereocenters. The number of ether oxygens (including phenoxy) is 2. The number of rotatable bonds is 6. The lowest BCUT2D eigenvalue weighted by Gasteiger charge is -2.21. The Hall–Kier alpha value is -1.77. The lowest BCUT2D eigenvalue weighted by molar-refractivity contribution is 0.0499. The average Bonchev–Trinajstić information content (AvgIpc) is 2.42. The molecule has 1 aromatic carbocycles. The van der Waals surface area contributed by atoms with Crippen LogP contribution in [-0.2, 0) is 4.74 Å². The summed E-state index contributed by atoms with van der Waals surface area (Å²) in [6.45, 7) is 10.9. The molecule has 3 heteroatoms. The minimum atomic E-state index is -0.297. The normalized spacial score (nSPS) is 11.0. The summed E-state index contributed by atoms with van der Waals surface area (Å²) in [7, 11) is 1.59. The fourth-order valence-corrected chi connectivity index (χ4v) is 1.64. The van der Waals surface area contributed by atoms with Gasteiger partial charge in [0.1, 0.15) is 5.75 Å². The van der Waals surface area contributed by atoms with Crippen molar-refractivity contribution in [3.8, 4) is 5.75 Å². The highest BCUT2D eigenvalue weighted by Gasteiger charge is 2.14. The highest BCUT2D eigenvalue weighted by atomic mass is 16.5. The summed E-state index contributed by atoms with van der Waals surface area (Å²) in [4.78, 5) is 11.8. The number of allylic oxidation sites excluding steroid dienone is 1. The van der Waals surface area contributed by atoms with Crippen LogP contribution in [0.2, 0.25) is 0 Å². The van der Waals surface area contributed by atoms with Crippen LogP contribution in [0.15, 0.2) is 36.4 Å². The van der Waals surface area contributed by atoms with Gasteiger partial charge < -0.3 is 9.47 Å². The zero-order chi connectivity index (χ0) is 15.2. The van der Waals surface area contributed by atoms with Gasteiger partial charge in [0.05, 0.1) is 19.3 Å². The highest BCUT2D eigenvalue weighted by Crippen LogP contribution is 2.26. The molecule has 0 fully saturated rings. The molecule has 0 saturated heterocycles. The van der Waals surface area contributed by atoms with Crippen LogP contribution in [0.4, 0.5) is 0 Å². The van der Waals surface area contributed by atoms with Gasteiger partial charge in [-0.05, 0) is 42.5 Å². The van der Waals surface area contributed by atoms with Gasteiger partial charge in [0.2, 0.25) is 0 Å². The lowest BCUT2D eigenvalue weighted by atomic mass is 9.85. The minimum Gasteiger partial charge on any atom is -0.497 e. The predicted molar refractivity (Wildman–Crippen MR) is 81.1 cm³/mol. The van der Waals surface area contributed by atoms with Crippen LogP contribution in [0.1, 0.15) is 44.0 Å². The summed E-state index contributed by atoms with van der Waals surface area (Å²) in [6.07, 6.45) is 1.68. The smallest absolute Gasteiger partial charge is 0.338 e. The Morgan fingerprint density at radius 1 is 1.20 bits per heavy atom. The summed E-state index contributed by atoms with van der Waals surface area (Å²) < 4.78 is 10.3. The second-order valence-electron chi connectivity index (χ2n) is 5.82. The van der Waals surface area contributed by atoms with E-state index in [1.807, 2.05) is 0 Å². The fourth-order valence-electron chi connectivity index (χ4n) is 1.64. The van der Waals surface area contributed by atoms with Gasteiger partial charge in [-0.15, -0.1) is 0 Å². The molecule has 0 amide bonds. The molecule has 20 heavy (non-hydrogen) atoms. The Balaban J connectivity index is 2.35. The third kappa shape index (κ3) is 5.08. The highest BCUT2D eigenvalue weighted by molar-refractivity contribution is 5.89. The number of hydrogen-bond donors (Lipinski definition) is 0. The Labute approximate surface area is 121 Å². The van der Waals surface area contributed by atoms with Crippen LogP contribution in [-0.4, -0.2) is 19.7 Å². The molecule has 0 bridgehead atoms. The summed E-state index contributed by atoms with van der Waals surface area (Å²) >= 11 is 0. The molecule has 0 aromatic heterocycles. The number of carbonyl (C=O) groups excluding carboxylic acids is 1. The van der Waals surface area contributed by atoms with E-state index in [1.54, 1.807) is 31.4 Å². The average molecular weight is 276 g/mol. The molecule has 110 valence electrons. The first-order valence-corrected chi connectivity index (χ1v) is 6.84. The molecule has 0 heterocycles. The van der Waals surface area contributed by atoms with Crippen molar-refractivity contribution in [2.45, 2.75) is 33.6 Å². The van der Waals surface area contributed by atoms with Crippen LogP contribution in [0.3, 0.4) is 0 Å². The molecule has 0 aliphatic rings. The fraction of sp³-hybridized carbons (Fsp3) is 0.471. The quantitative estimate of drug-likeness (QED) is 0.443. The zero-order valence-electron chi connectivity index (χ0n) is 12.9. The van der Waals surface area contributed by atoms with E-state index in [0.717, 1.165) is 18.6 Å². The monoisotopic (exact) mass is 276 g/mol. The molecule has 0 aliphatic carbocycles. The zero-order valence-corrected chi connectivity index (χ0v) is 12.9. The van der Waals surface area contributed by atoms with E-state index in [4.69, 9.17) is 9.47 Å². The number of carbonyl (C=O) groups is 1. The van der Waals surface area contributed by atoms with Crippen LogP contribution < -0.4 is 4.74 Å². The van der Waals surface area contributed by atoms with Gasteiger partial charge in [-0.1, -0.05) is 32.9 Å². The van der Waals surface area contributed by atoms with Crippen molar-refractivity contribution in [3.05, 3.63) is 42.0 Å². The maximum atomic E-state index is 11.8. The van der Waals surface area contributed by atoms with Crippen molar-refractivity contribution < 1.29 is 14.3 Å². The van der Waals surface area contributed by atoms with E-state index in [2.05, 4.69) is 27.4 Å². The Bertz CT molecular complexity index is 452. The SMILES string of the molecule is C=C(CCCOC(=O)c1ccc(OC)cc1)C(C)(C)C. The van der Waals surface area contributed by atoms with Crippen molar-refractivity contribution in [1.82, 2.24) is 0 Å². The first-order valence-electron chi connectivity index (χ1n) is 6.84. The van der Waals surface area contributed by atoms with Gasteiger partial charge >= 0.3 is 5.97 Å². The van der Waals surface area contributed by atoms with E-state index in [-0.39, 0.29) is 11.4 Å². The topological polar surface area (TPSA) is 35.5 Å². The maximum Gasteiger partial charge on any atom is 0.338 e. The van der Waals surface area contributed by atoms with Gasteiger partial charge in [0.25, 0.3) is 0 Å². The van der Waals surface area contributed by atoms with E-state index in [1.165, 1.54) is 5.57 Å². The molecule has 0 radical (unpaired) electrons. The molecule has 0 aliphatic heterocycles. The summed E-state index contributed by atoms with van der Waals surface area (Å²) in [6, 6.07) is 6.90. The number of benzene rings is 1. The molecule has 1 aromatic rings. The van der Waals surface area contributed by atoms with Crippen LogP contribution in [0, 0.1) is 5.41 Å². The van der Waals surface area contributed by atoms with Gasteiger partial charge in [-0.25, -0.2) is 4.79 Å². The molecule has 0 saturated carbocycles. The van der Waals surface area contributed by atoms with Crippen LogP contribution >= 0.6 is 0 Å². The Kier molecular flexibility index (Phi) is 5.81. The molecule has 0 atom stereocenters. The van der Waals surface area contributed by atoms with Crippen molar-refractivity contribution in [2.24, 2.45) is 5.41 Å². The summed E-state index contributed by atoms with van der Waals surface area (Å²) in [5.74, 6) is 0.428. The van der Waals surface area contributed by atoms with E-state index in [0.29, 0.717) is 12.2 Å². The third-order valence-corrected chi connectivity index (χ3v) is 3.24. The molecular formula is C17H24O3. The van der Waals surface area contributed by atoms with Gasteiger partial charge in [-0.2, -0.15) is 0 Å². The Morgan fingerprint density at radius 2 is 1.80 bits per heavy atom. The number of hydrogen-bond acceptors (Lipinski definition) is 3. The van der Waals surface area contributed by atoms with Gasteiger partial charge in [0, 0.05) is 0 Å². The van der Waals surface area contributed by atoms with E-state index >= 15 is 0 Å². The van der Waals surface area contributed by atoms with E-state index < -0.39 is 0 Å². The molecule has 0 N–H and O–H groups in total. The van der Waals surface area contributed by atoms with Crippen molar-refractivity contribution in [3.63, 3.8) is 0 Å². The van der Waals surface area contributed by atoms with Gasteiger partial charge in [0.15, 0.2) is 0 Å². The minimum absolute atomic E-state index is 0.111. The molecular weight excluding hydrogens is 252 g/mol. The predicted octanol–water partition coefficient (Wildman–Crippen LogP) is 4.23. The van der Waals surface area contributed by atoms with E-state index in [9.17, 15) is 4.79 Å². The van der Waals surface area contributed by atoms with Crippen LogP contribution in [0.25, 0.3) is 0 Å². The number of esters is 1. The maximum absolute atomic E-state index is 11.8. The molecule has 1 rings (SSSR count). The third-order valence-electron chi connectivity index (χ3n) is 3.24.